The molecule has 0 saturated carbocycles. The van der Waals surface area contributed by atoms with E-state index < -0.39 is 20.9 Å². The molecule has 0 aliphatic rings. The van der Waals surface area contributed by atoms with E-state index >= 15 is 0 Å². The van der Waals surface area contributed by atoms with Gasteiger partial charge < -0.3 is 5.32 Å². The zero-order valence-electron chi connectivity index (χ0n) is 13.6. The average Bonchev–Trinajstić information content (AvgIpc) is 2.56. The fraction of sp³-hybridized carbons (Fsp3) is 0.188. The maximum Gasteiger partial charge on any atom is 0.274 e. The van der Waals surface area contributed by atoms with Crippen LogP contribution in [0, 0.1) is 17.0 Å². The monoisotopic (exact) mass is 363 g/mol. The molecular weight excluding hydrogens is 346 g/mol. The summed E-state index contributed by atoms with van der Waals surface area (Å²) >= 11 is 0. The largest absolute Gasteiger partial charge is 0.321 e. The minimum absolute atomic E-state index is 0.0298. The van der Waals surface area contributed by atoms with Crippen molar-refractivity contribution in [3.63, 3.8) is 0 Å². The minimum Gasteiger partial charge on any atom is -0.321 e. The first-order chi connectivity index (χ1) is 11.8. The summed E-state index contributed by atoms with van der Waals surface area (Å²) in [6, 6.07) is 9.90. The van der Waals surface area contributed by atoms with Gasteiger partial charge in [-0.1, -0.05) is 19.1 Å². The van der Waals surface area contributed by atoms with Crippen molar-refractivity contribution in [2.75, 3.05) is 11.9 Å². The van der Waals surface area contributed by atoms with Gasteiger partial charge in [-0.05, 0) is 31.2 Å². The van der Waals surface area contributed by atoms with Crippen molar-refractivity contribution in [3.8, 4) is 0 Å². The quantitative estimate of drug-likeness (QED) is 0.604. The van der Waals surface area contributed by atoms with Gasteiger partial charge in [0.25, 0.3) is 11.6 Å². The number of anilines is 1. The smallest absolute Gasteiger partial charge is 0.274 e. The van der Waals surface area contributed by atoms with E-state index in [0.717, 1.165) is 0 Å². The van der Waals surface area contributed by atoms with Gasteiger partial charge in [-0.3, -0.25) is 14.9 Å². The molecule has 9 heteroatoms. The van der Waals surface area contributed by atoms with E-state index in [9.17, 15) is 23.3 Å². The highest BCUT2D eigenvalue weighted by atomic mass is 32.2. The average molecular weight is 363 g/mol. The molecule has 0 aliphatic heterocycles. The number of rotatable bonds is 6. The zero-order valence-corrected chi connectivity index (χ0v) is 14.5. The molecule has 0 aromatic heterocycles. The number of hydrogen-bond donors (Lipinski definition) is 2. The summed E-state index contributed by atoms with van der Waals surface area (Å²) in [5.74, 6) is -0.558. The summed E-state index contributed by atoms with van der Waals surface area (Å²) in [6.07, 6.45) is 0. The Hall–Kier alpha value is -2.78. The summed E-state index contributed by atoms with van der Waals surface area (Å²) in [6.45, 7) is 3.41. The SMILES string of the molecule is CCNS(=O)(=O)c1cccc(C(=O)Nc2cccc([N+](=O)[O-])c2C)c1. The molecule has 1 amide bonds. The summed E-state index contributed by atoms with van der Waals surface area (Å²) in [4.78, 5) is 22.8. The Balaban J connectivity index is 2.31. The highest BCUT2D eigenvalue weighted by Crippen LogP contribution is 2.25. The van der Waals surface area contributed by atoms with Gasteiger partial charge in [0, 0.05) is 18.2 Å². The van der Waals surface area contributed by atoms with E-state index in [1.54, 1.807) is 13.0 Å². The number of hydrogen-bond acceptors (Lipinski definition) is 5. The van der Waals surface area contributed by atoms with Crippen LogP contribution >= 0.6 is 0 Å². The molecule has 2 rings (SSSR count). The van der Waals surface area contributed by atoms with Gasteiger partial charge in [-0.2, -0.15) is 0 Å². The molecular formula is C16H17N3O5S. The lowest BCUT2D eigenvalue weighted by molar-refractivity contribution is -0.385. The maximum absolute atomic E-state index is 12.4. The molecule has 2 aromatic rings. The molecule has 0 spiro atoms. The third kappa shape index (κ3) is 4.20. The van der Waals surface area contributed by atoms with Crippen LogP contribution in [0.25, 0.3) is 0 Å². The van der Waals surface area contributed by atoms with Gasteiger partial charge in [0.2, 0.25) is 10.0 Å². The van der Waals surface area contributed by atoms with E-state index in [0.29, 0.717) is 11.3 Å². The van der Waals surface area contributed by atoms with Crippen molar-refractivity contribution in [2.24, 2.45) is 0 Å². The molecule has 0 aliphatic carbocycles. The van der Waals surface area contributed by atoms with Crippen molar-refractivity contribution in [1.82, 2.24) is 4.72 Å². The van der Waals surface area contributed by atoms with Gasteiger partial charge in [-0.25, -0.2) is 13.1 Å². The van der Waals surface area contributed by atoms with E-state index in [1.807, 2.05) is 0 Å². The number of sulfonamides is 1. The third-order valence-corrected chi connectivity index (χ3v) is 5.03. The maximum atomic E-state index is 12.4. The Morgan fingerprint density at radius 3 is 2.52 bits per heavy atom. The Labute approximate surface area is 145 Å². The summed E-state index contributed by atoms with van der Waals surface area (Å²) < 4.78 is 26.4. The molecule has 0 fully saturated rings. The number of amides is 1. The molecule has 8 nitrogen and oxygen atoms in total. The second-order valence-electron chi connectivity index (χ2n) is 5.19. The second kappa shape index (κ2) is 7.41. The molecule has 2 N–H and O–H groups in total. The summed E-state index contributed by atoms with van der Waals surface area (Å²) in [5, 5.41) is 13.5. The van der Waals surface area contributed by atoms with Crippen molar-refractivity contribution in [3.05, 3.63) is 63.7 Å². The lowest BCUT2D eigenvalue weighted by Crippen LogP contribution is -2.23. The molecule has 0 unspecified atom stereocenters. The number of carbonyl (C=O) groups excluding carboxylic acids is 1. The van der Waals surface area contributed by atoms with Crippen LogP contribution in [-0.2, 0) is 10.0 Å². The van der Waals surface area contributed by atoms with Crippen molar-refractivity contribution in [2.45, 2.75) is 18.7 Å². The molecule has 0 saturated heterocycles. The highest BCUT2D eigenvalue weighted by molar-refractivity contribution is 7.89. The van der Waals surface area contributed by atoms with E-state index in [-0.39, 0.29) is 22.7 Å². The third-order valence-electron chi connectivity index (χ3n) is 3.49. The van der Waals surface area contributed by atoms with Crippen LogP contribution in [0.4, 0.5) is 11.4 Å². The van der Waals surface area contributed by atoms with Gasteiger partial charge in [-0.15, -0.1) is 0 Å². The molecule has 25 heavy (non-hydrogen) atoms. The fourth-order valence-electron chi connectivity index (χ4n) is 2.23. The fourth-order valence-corrected chi connectivity index (χ4v) is 3.32. The lowest BCUT2D eigenvalue weighted by Gasteiger charge is -2.10. The lowest BCUT2D eigenvalue weighted by atomic mass is 10.1. The number of nitrogens with one attached hydrogen (secondary N) is 2. The first-order valence-electron chi connectivity index (χ1n) is 7.41. The summed E-state index contributed by atoms with van der Waals surface area (Å²) in [5.41, 5.74) is 0.627. The first-order valence-corrected chi connectivity index (χ1v) is 8.89. The van der Waals surface area contributed by atoms with Crippen LogP contribution in [0.15, 0.2) is 47.4 Å². The van der Waals surface area contributed by atoms with Gasteiger partial charge in [0.05, 0.1) is 21.1 Å². The van der Waals surface area contributed by atoms with Crippen molar-refractivity contribution >= 4 is 27.3 Å². The number of nitro benzene ring substituents is 1. The minimum atomic E-state index is -3.68. The Morgan fingerprint density at radius 1 is 1.20 bits per heavy atom. The predicted octanol–water partition coefficient (Wildman–Crippen LogP) is 2.45. The molecule has 2 aromatic carbocycles. The predicted molar refractivity (Wildman–Crippen MR) is 93.1 cm³/mol. The van der Waals surface area contributed by atoms with Gasteiger partial charge in [0.1, 0.15) is 0 Å². The second-order valence-corrected chi connectivity index (χ2v) is 6.96. The molecule has 132 valence electrons. The molecule has 0 heterocycles. The number of carbonyl (C=O) groups is 1. The zero-order chi connectivity index (χ0) is 18.6. The van der Waals surface area contributed by atoms with Crippen LogP contribution in [0.3, 0.4) is 0 Å². The molecule has 0 atom stereocenters. The Bertz CT molecular complexity index is 925. The Morgan fingerprint density at radius 2 is 1.88 bits per heavy atom. The first kappa shape index (κ1) is 18.6. The van der Waals surface area contributed by atoms with Crippen LogP contribution in [0.2, 0.25) is 0 Å². The van der Waals surface area contributed by atoms with E-state index in [2.05, 4.69) is 10.0 Å². The van der Waals surface area contributed by atoms with E-state index in [1.165, 1.54) is 43.3 Å². The standard InChI is InChI=1S/C16H17N3O5S/c1-3-17-25(23,24)13-7-4-6-12(10-13)16(20)18-14-8-5-9-15(11(14)2)19(21)22/h4-10,17H,3H2,1-2H3,(H,18,20). The highest BCUT2D eigenvalue weighted by Gasteiger charge is 2.18. The van der Waals surface area contributed by atoms with Crippen LogP contribution in [0.5, 0.6) is 0 Å². The van der Waals surface area contributed by atoms with Crippen LogP contribution in [0.1, 0.15) is 22.8 Å². The van der Waals surface area contributed by atoms with Gasteiger partial charge >= 0.3 is 0 Å². The molecule has 0 radical (unpaired) electrons. The van der Waals surface area contributed by atoms with E-state index in [4.69, 9.17) is 0 Å². The van der Waals surface area contributed by atoms with Crippen molar-refractivity contribution in [1.29, 1.82) is 0 Å². The van der Waals surface area contributed by atoms with Crippen LogP contribution < -0.4 is 10.0 Å². The van der Waals surface area contributed by atoms with Crippen LogP contribution in [-0.4, -0.2) is 25.8 Å². The number of nitro groups is 1. The van der Waals surface area contributed by atoms with Crippen molar-refractivity contribution < 1.29 is 18.1 Å². The normalized spacial score (nSPS) is 11.1. The number of nitrogens with zero attached hydrogens (tertiary/aromatic N) is 1. The topological polar surface area (TPSA) is 118 Å². The Kier molecular flexibility index (Phi) is 5.50. The number of benzene rings is 2. The summed E-state index contributed by atoms with van der Waals surface area (Å²) in [7, 11) is -3.68. The van der Waals surface area contributed by atoms with Gasteiger partial charge in [0.15, 0.2) is 0 Å². The molecule has 0 bridgehead atoms.